The van der Waals surface area contributed by atoms with Gasteiger partial charge in [0.2, 0.25) is 0 Å². The Labute approximate surface area is 242 Å². The van der Waals surface area contributed by atoms with Gasteiger partial charge in [0.25, 0.3) is 0 Å². The maximum atomic E-state index is 12.6. The summed E-state index contributed by atoms with van der Waals surface area (Å²) in [6, 6.07) is 0. The van der Waals surface area contributed by atoms with E-state index >= 15 is 0 Å². The van der Waals surface area contributed by atoms with Gasteiger partial charge in [-0.25, -0.2) is 4.79 Å². The Hall–Kier alpha value is -1.65. The second-order valence-electron chi connectivity index (χ2n) is 15.6. The fourth-order valence-electron chi connectivity index (χ4n) is 11.0. The van der Waals surface area contributed by atoms with Crippen molar-refractivity contribution in [3.05, 3.63) is 6.92 Å². The lowest BCUT2D eigenvalue weighted by Crippen LogP contribution is -2.34. The first-order valence-corrected chi connectivity index (χ1v) is 16.6. The van der Waals surface area contributed by atoms with Crippen LogP contribution in [0.25, 0.3) is 0 Å². The van der Waals surface area contributed by atoms with Crippen molar-refractivity contribution in [1.29, 1.82) is 0 Å². The van der Waals surface area contributed by atoms with Gasteiger partial charge in [-0.3, -0.25) is 14.4 Å². The molecule has 8 bridgehead atoms. The lowest BCUT2D eigenvalue weighted by molar-refractivity contribution is -0.152. The van der Waals surface area contributed by atoms with Gasteiger partial charge in [0, 0.05) is 12.3 Å². The van der Waals surface area contributed by atoms with Crippen LogP contribution < -0.4 is 0 Å². The summed E-state index contributed by atoms with van der Waals surface area (Å²) >= 11 is 0. The molecule has 0 aliphatic heterocycles. The van der Waals surface area contributed by atoms with Crippen molar-refractivity contribution in [2.24, 2.45) is 45.3 Å². The van der Waals surface area contributed by atoms with Crippen LogP contribution in [0.5, 0.6) is 0 Å². The summed E-state index contributed by atoms with van der Waals surface area (Å²) in [5.74, 6) is 4.13. The van der Waals surface area contributed by atoms with Crippen LogP contribution in [0.15, 0.2) is 0 Å². The molecule has 5 heteroatoms. The van der Waals surface area contributed by atoms with Crippen LogP contribution in [0, 0.1) is 52.3 Å². The number of ketones is 3. The average molecular weight is 555 g/mol. The third-order valence-electron chi connectivity index (χ3n) is 13.7. The molecular formula is C35H53O5+. The van der Waals surface area contributed by atoms with E-state index in [1.165, 1.54) is 58.5 Å². The highest BCUT2D eigenvalue weighted by Crippen LogP contribution is 2.58. The molecule has 0 aromatic carbocycles. The second kappa shape index (κ2) is 10.6. The van der Waals surface area contributed by atoms with E-state index in [1.54, 1.807) is 0 Å². The van der Waals surface area contributed by atoms with Gasteiger partial charge in [0.15, 0.2) is 0 Å². The number of carbonyl (C=O) groups excluding carboxylic acids is 4. The summed E-state index contributed by atoms with van der Waals surface area (Å²) in [6.07, 6.45) is 23.3. The number of ether oxygens (including phenoxy) is 1. The molecule has 0 radical (unpaired) electrons. The van der Waals surface area contributed by atoms with Crippen molar-refractivity contribution in [3.8, 4) is 0 Å². The SMILES string of the molecule is COC(=O)C12CCC(CC1)C2.O=C(CC(=O)C12CCC(CC1)C2)C12CCC(CC1)C2.[2HH].[CH2+]C(=O)C12CCC(CC1)C2. The highest BCUT2D eigenvalue weighted by molar-refractivity contribution is 6.04. The lowest BCUT2D eigenvalue weighted by Gasteiger charge is -2.28. The second-order valence-corrected chi connectivity index (χ2v) is 15.6. The number of hydrogen-bond donors (Lipinski definition) is 0. The monoisotopic (exact) mass is 554 g/mol. The lowest BCUT2D eigenvalue weighted by atomic mass is 9.73. The van der Waals surface area contributed by atoms with E-state index in [9.17, 15) is 19.2 Å². The summed E-state index contributed by atoms with van der Waals surface area (Å²) in [6.45, 7) is 3.55. The Morgan fingerprint density at radius 2 is 0.875 bits per heavy atom. The number of esters is 1. The summed E-state index contributed by atoms with van der Waals surface area (Å²) < 4.78 is 4.82. The number of methoxy groups -OCH3 is 1. The molecular weight excluding hydrogens is 500 g/mol. The van der Waals surface area contributed by atoms with E-state index in [0.29, 0.717) is 11.6 Å². The number of hydrogen-bond acceptors (Lipinski definition) is 5. The Bertz CT molecular complexity index is 975. The van der Waals surface area contributed by atoms with Crippen LogP contribution in [-0.2, 0) is 23.9 Å². The maximum absolute atomic E-state index is 12.6. The number of carbonyl (C=O) groups is 4. The van der Waals surface area contributed by atoms with Crippen molar-refractivity contribution in [1.82, 2.24) is 0 Å². The van der Waals surface area contributed by atoms with Gasteiger partial charge in [0.1, 0.15) is 18.5 Å². The Morgan fingerprint density at radius 1 is 0.575 bits per heavy atom. The van der Waals surface area contributed by atoms with Gasteiger partial charge in [-0.2, -0.15) is 0 Å². The van der Waals surface area contributed by atoms with E-state index < -0.39 is 0 Å². The molecule has 8 aliphatic rings. The molecule has 40 heavy (non-hydrogen) atoms. The Kier molecular flexibility index (Phi) is 7.52. The molecule has 0 N–H and O–H groups in total. The fourth-order valence-corrected chi connectivity index (χ4v) is 11.0. The zero-order chi connectivity index (χ0) is 28.2. The molecule has 5 nitrogen and oxygen atoms in total. The Morgan fingerprint density at radius 3 is 1.10 bits per heavy atom. The van der Waals surface area contributed by atoms with E-state index in [2.05, 4.69) is 6.92 Å². The first-order chi connectivity index (χ1) is 19.1. The van der Waals surface area contributed by atoms with Crippen LogP contribution >= 0.6 is 0 Å². The molecule has 0 unspecified atom stereocenters. The van der Waals surface area contributed by atoms with Crippen LogP contribution in [0.2, 0.25) is 0 Å². The summed E-state index contributed by atoms with van der Waals surface area (Å²) in [7, 11) is 1.50. The van der Waals surface area contributed by atoms with Gasteiger partial charge in [0.05, 0.1) is 24.4 Å². The zero-order valence-corrected chi connectivity index (χ0v) is 24.9. The largest absolute Gasteiger partial charge is 0.469 e. The number of fused-ring (bicyclic) bond motifs is 8. The molecule has 0 heterocycles. The van der Waals surface area contributed by atoms with E-state index in [-0.39, 0.29) is 41.3 Å². The van der Waals surface area contributed by atoms with Crippen molar-refractivity contribution in [2.45, 2.75) is 135 Å². The molecule has 8 aliphatic carbocycles. The minimum Gasteiger partial charge on any atom is -0.469 e. The predicted octanol–water partition coefficient (Wildman–Crippen LogP) is 7.63. The molecule has 0 aromatic heterocycles. The third kappa shape index (κ3) is 4.89. The summed E-state index contributed by atoms with van der Waals surface area (Å²) in [4.78, 5) is 47.8. The summed E-state index contributed by atoms with van der Waals surface area (Å²) in [5, 5.41) is 0. The number of Topliss-reactive ketones (excluding diaryl/α,β-unsaturated/α-hetero) is 3. The summed E-state index contributed by atoms with van der Waals surface area (Å²) in [5.41, 5.74) is -0.106. The molecule has 0 atom stereocenters. The van der Waals surface area contributed by atoms with Gasteiger partial charge < -0.3 is 4.74 Å². The average Bonchev–Trinajstić information content (AvgIpc) is 3.84. The highest BCUT2D eigenvalue weighted by atomic mass is 16.5. The fraction of sp³-hybridized carbons (Fsp3) is 0.857. The molecule has 0 saturated heterocycles. The molecule has 8 fully saturated rings. The van der Waals surface area contributed by atoms with E-state index in [0.717, 1.165) is 101 Å². The van der Waals surface area contributed by atoms with Gasteiger partial charge in [-0.1, -0.05) is 0 Å². The molecule has 0 spiro atoms. The predicted molar refractivity (Wildman–Crippen MR) is 155 cm³/mol. The smallest absolute Gasteiger partial charge is 0.311 e. The van der Waals surface area contributed by atoms with Crippen molar-refractivity contribution < 1.29 is 25.3 Å². The molecule has 0 aromatic rings. The molecule has 8 saturated carbocycles. The first-order valence-electron chi connectivity index (χ1n) is 16.6. The first kappa shape index (κ1) is 28.5. The standard InChI is InChI=1S/C17H24O2.C9H14O2.C9H13O.H2/c18-14(16-5-1-12(10-16)2-6-16)9-15(19)17-7-3-13(11-17)4-8-17;1-11-8(10)9-4-2-7(6-9)3-5-9;1-7(10)9-4-2-8(6-9)3-5-9;/h12-13H,1-11H2;7H,2-6H2,1H3;8H,1-6H2;1H/q;;+1;/i;;;1+1. The quantitative estimate of drug-likeness (QED) is 0.192. The van der Waals surface area contributed by atoms with Crippen LogP contribution in [0.4, 0.5) is 0 Å². The maximum Gasteiger partial charge on any atom is 0.311 e. The van der Waals surface area contributed by atoms with Gasteiger partial charge in [-0.05, 0) is 152 Å². The van der Waals surface area contributed by atoms with Crippen molar-refractivity contribution in [2.75, 3.05) is 7.11 Å². The topological polar surface area (TPSA) is 77.5 Å². The van der Waals surface area contributed by atoms with Crippen LogP contribution in [-0.4, -0.2) is 30.4 Å². The van der Waals surface area contributed by atoms with Gasteiger partial charge in [-0.15, -0.1) is 0 Å². The third-order valence-corrected chi connectivity index (χ3v) is 13.7. The van der Waals surface area contributed by atoms with Gasteiger partial charge >= 0.3 is 11.8 Å². The minimum atomic E-state index is -0.0619. The molecule has 222 valence electrons. The Balaban J connectivity index is 0.000000132. The number of rotatable bonds is 6. The van der Waals surface area contributed by atoms with Crippen molar-refractivity contribution >= 4 is 23.3 Å². The molecule has 0 amide bonds. The van der Waals surface area contributed by atoms with Crippen LogP contribution in [0.3, 0.4) is 0 Å². The van der Waals surface area contributed by atoms with E-state index in [4.69, 9.17) is 4.74 Å². The molecule has 8 rings (SSSR count). The van der Waals surface area contributed by atoms with Crippen molar-refractivity contribution in [3.63, 3.8) is 0 Å². The van der Waals surface area contributed by atoms with Crippen LogP contribution in [0.1, 0.15) is 136 Å². The zero-order valence-electron chi connectivity index (χ0n) is 24.9. The van der Waals surface area contributed by atoms with E-state index in [1.807, 2.05) is 0 Å². The minimum absolute atomic E-state index is 0. The normalized spacial score (nSPS) is 44.6. The highest BCUT2D eigenvalue weighted by Gasteiger charge is 2.54.